The van der Waals surface area contributed by atoms with Gasteiger partial charge in [-0.3, -0.25) is 15.2 Å². The lowest BCUT2D eigenvalue weighted by molar-refractivity contribution is 0.0951. The predicted molar refractivity (Wildman–Crippen MR) is 86.0 cm³/mol. The number of hydrazine groups is 1. The van der Waals surface area contributed by atoms with E-state index in [-0.39, 0.29) is 11.1 Å². The molecule has 0 saturated heterocycles. The van der Waals surface area contributed by atoms with Gasteiger partial charge in [-0.15, -0.1) is 0 Å². The van der Waals surface area contributed by atoms with E-state index in [1.165, 1.54) is 5.01 Å². The molecular formula is C15H12Cl2N4O. The highest BCUT2D eigenvalue weighted by atomic mass is 35.5. The number of amides is 1. The largest absolute Gasteiger partial charge is 0.271 e. The van der Waals surface area contributed by atoms with Crippen molar-refractivity contribution in [1.82, 2.24) is 10.4 Å². The molecule has 0 fully saturated rings. The van der Waals surface area contributed by atoms with Crippen molar-refractivity contribution in [1.29, 1.82) is 5.26 Å². The van der Waals surface area contributed by atoms with Crippen molar-refractivity contribution in [3.8, 4) is 6.07 Å². The molecule has 2 rings (SSSR count). The number of aromatic nitrogens is 1. The number of hydrogen-bond acceptors (Lipinski definition) is 4. The van der Waals surface area contributed by atoms with E-state index in [1.54, 1.807) is 44.3 Å². The summed E-state index contributed by atoms with van der Waals surface area (Å²) in [7, 11) is 1.62. The van der Waals surface area contributed by atoms with E-state index in [0.717, 1.165) is 0 Å². The second-order valence-corrected chi connectivity index (χ2v) is 5.32. The topological polar surface area (TPSA) is 69.0 Å². The van der Waals surface area contributed by atoms with Crippen molar-refractivity contribution < 1.29 is 4.79 Å². The number of hydrogen-bond donors (Lipinski definition) is 1. The Labute approximate surface area is 138 Å². The SMILES string of the molecule is Cc1cc(N(C)NC(=O)c2ccccc2Cl)nc(Cl)c1C#N. The van der Waals surface area contributed by atoms with E-state index in [0.29, 0.717) is 27.5 Å². The molecule has 1 heterocycles. The normalized spacial score (nSPS) is 9.95. The lowest BCUT2D eigenvalue weighted by Gasteiger charge is -2.20. The minimum Gasteiger partial charge on any atom is -0.271 e. The molecule has 0 radical (unpaired) electrons. The van der Waals surface area contributed by atoms with Gasteiger partial charge < -0.3 is 0 Å². The van der Waals surface area contributed by atoms with Crippen LogP contribution in [0.1, 0.15) is 21.5 Å². The summed E-state index contributed by atoms with van der Waals surface area (Å²) in [5.74, 6) is 0.0509. The van der Waals surface area contributed by atoms with Crippen LogP contribution < -0.4 is 10.4 Å². The zero-order valence-corrected chi connectivity index (χ0v) is 13.4. The summed E-state index contributed by atoms with van der Waals surface area (Å²) >= 11 is 12.0. The molecular weight excluding hydrogens is 323 g/mol. The maximum atomic E-state index is 12.2. The van der Waals surface area contributed by atoms with Crippen molar-refractivity contribution in [3.63, 3.8) is 0 Å². The van der Waals surface area contributed by atoms with Crippen LogP contribution in [0.4, 0.5) is 5.82 Å². The predicted octanol–water partition coefficient (Wildman–Crippen LogP) is 3.35. The first-order valence-electron chi connectivity index (χ1n) is 6.30. The van der Waals surface area contributed by atoms with Crippen LogP contribution in [-0.4, -0.2) is 17.9 Å². The number of nitriles is 1. The highest BCUT2D eigenvalue weighted by Gasteiger charge is 2.15. The van der Waals surface area contributed by atoms with Gasteiger partial charge in [-0.2, -0.15) is 5.26 Å². The molecule has 0 aliphatic rings. The second-order valence-electron chi connectivity index (χ2n) is 4.55. The number of carbonyl (C=O) groups excluding carboxylic acids is 1. The Morgan fingerprint density at radius 2 is 2.05 bits per heavy atom. The second kappa shape index (κ2) is 6.65. The van der Waals surface area contributed by atoms with Crippen molar-refractivity contribution in [3.05, 3.63) is 57.2 Å². The molecule has 1 amide bonds. The molecule has 1 aromatic carbocycles. The maximum Gasteiger partial charge on any atom is 0.271 e. The van der Waals surface area contributed by atoms with E-state index in [9.17, 15) is 4.79 Å². The molecule has 7 heteroatoms. The van der Waals surface area contributed by atoms with E-state index in [2.05, 4.69) is 10.4 Å². The van der Waals surface area contributed by atoms with Gasteiger partial charge in [0.25, 0.3) is 5.91 Å². The molecule has 5 nitrogen and oxygen atoms in total. The Kier molecular flexibility index (Phi) is 4.86. The van der Waals surface area contributed by atoms with Crippen molar-refractivity contribution in [2.45, 2.75) is 6.92 Å². The Morgan fingerprint density at radius 3 is 2.64 bits per heavy atom. The summed E-state index contributed by atoms with van der Waals surface area (Å²) in [6.45, 7) is 1.75. The molecule has 0 saturated carbocycles. The third kappa shape index (κ3) is 3.30. The zero-order chi connectivity index (χ0) is 16.3. The highest BCUT2D eigenvalue weighted by molar-refractivity contribution is 6.33. The van der Waals surface area contributed by atoms with Crippen molar-refractivity contribution in [2.75, 3.05) is 12.1 Å². The molecule has 0 atom stereocenters. The van der Waals surface area contributed by atoms with Gasteiger partial charge in [-0.25, -0.2) is 4.98 Å². The van der Waals surface area contributed by atoms with Crippen LogP contribution in [0.25, 0.3) is 0 Å². The third-order valence-corrected chi connectivity index (χ3v) is 3.61. The zero-order valence-electron chi connectivity index (χ0n) is 11.9. The molecule has 0 aliphatic heterocycles. The molecule has 0 spiro atoms. The Bertz CT molecular complexity index is 747. The number of rotatable bonds is 3. The fourth-order valence-corrected chi connectivity index (χ4v) is 2.34. The molecule has 1 N–H and O–H groups in total. The van der Waals surface area contributed by atoms with Crippen LogP contribution in [0.15, 0.2) is 30.3 Å². The summed E-state index contributed by atoms with van der Waals surface area (Å²) in [5, 5.41) is 10.9. The van der Waals surface area contributed by atoms with Gasteiger partial charge in [0, 0.05) is 7.05 Å². The van der Waals surface area contributed by atoms with Gasteiger partial charge in [-0.1, -0.05) is 35.3 Å². The number of nitrogens with one attached hydrogen (secondary N) is 1. The number of aryl methyl sites for hydroxylation is 1. The molecule has 1 aromatic heterocycles. The first-order valence-corrected chi connectivity index (χ1v) is 7.06. The van der Waals surface area contributed by atoms with Gasteiger partial charge >= 0.3 is 0 Å². The van der Waals surface area contributed by atoms with Crippen LogP contribution in [0.2, 0.25) is 10.2 Å². The van der Waals surface area contributed by atoms with Gasteiger partial charge in [0.05, 0.1) is 16.1 Å². The number of anilines is 1. The van der Waals surface area contributed by atoms with Gasteiger partial charge in [0.15, 0.2) is 0 Å². The number of carbonyl (C=O) groups is 1. The summed E-state index contributed by atoms with van der Waals surface area (Å²) in [6, 6.07) is 10.4. The van der Waals surface area contributed by atoms with Gasteiger partial charge in [0.2, 0.25) is 0 Å². The van der Waals surface area contributed by atoms with Crippen LogP contribution in [0.3, 0.4) is 0 Å². The number of halogens is 2. The molecule has 0 aliphatic carbocycles. The Balaban J connectivity index is 2.23. The minimum atomic E-state index is -0.368. The fraction of sp³-hybridized carbons (Fsp3) is 0.133. The van der Waals surface area contributed by atoms with Crippen LogP contribution >= 0.6 is 23.2 Å². The molecule has 112 valence electrons. The van der Waals surface area contributed by atoms with E-state index < -0.39 is 0 Å². The van der Waals surface area contributed by atoms with Crippen LogP contribution in [0.5, 0.6) is 0 Å². The average Bonchev–Trinajstić information content (AvgIpc) is 2.47. The third-order valence-electron chi connectivity index (χ3n) is 3.00. The van der Waals surface area contributed by atoms with Gasteiger partial charge in [-0.05, 0) is 30.7 Å². The van der Waals surface area contributed by atoms with Crippen LogP contribution in [0, 0.1) is 18.3 Å². The van der Waals surface area contributed by atoms with Crippen molar-refractivity contribution in [2.24, 2.45) is 0 Å². The smallest absolute Gasteiger partial charge is 0.271 e. The number of benzene rings is 1. The first kappa shape index (κ1) is 16.1. The Hall–Kier alpha value is -2.29. The first-order chi connectivity index (χ1) is 10.4. The highest BCUT2D eigenvalue weighted by Crippen LogP contribution is 2.22. The van der Waals surface area contributed by atoms with Crippen LogP contribution in [-0.2, 0) is 0 Å². The standard InChI is InChI=1S/C15H12Cl2N4O/c1-9-7-13(19-14(17)11(9)8-18)21(2)20-15(22)10-5-3-4-6-12(10)16/h3-7H,1-2H3,(H,20,22). The van der Waals surface area contributed by atoms with E-state index in [4.69, 9.17) is 28.5 Å². The molecule has 0 bridgehead atoms. The average molecular weight is 335 g/mol. The molecule has 0 unspecified atom stereocenters. The lowest BCUT2D eigenvalue weighted by Crippen LogP contribution is -2.40. The van der Waals surface area contributed by atoms with E-state index in [1.807, 2.05) is 6.07 Å². The maximum absolute atomic E-state index is 12.2. The Morgan fingerprint density at radius 1 is 1.36 bits per heavy atom. The number of pyridine rings is 1. The summed E-state index contributed by atoms with van der Waals surface area (Å²) in [6.07, 6.45) is 0. The molecule has 2 aromatic rings. The summed E-state index contributed by atoms with van der Waals surface area (Å²) < 4.78 is 0. The lowest BCUT2D eigenvalue weighted by atomic mass is 10.2. The quantitative estimate of drug-likeness (QED) is 0.690. The van der Waals surface area contributed by atoms with E-state index >= 15 is 0 Å². The van der Waals surface area contributed by atoms with Crippen molar-refractivity contribution >= 4 is 34.9 Å². The minimum absolute atomic E-state index is 0.0938. The summed E-state index contributed by atoms with van der Waals surface area (Å²) in [5.41, 5.74) is 4.00. The molecule has 22 heavy (non-hydrogen) atoms. The number of nitrogens with zero attached hydrogens (tertiary/aromatic N) is 3. The summed E-state index contributed by atoms with van der Waals surface area (Å²) in [4.78, 5) is 16.3. The fourth-order valence-electron chi connectivity index (χ4n) is 1.84. The van der Waals surface area contributed by atoms with Gasteiger partial charge in [0.1, 0.15) is 17.0 Å². The monoisotopic (exact) mass is 334 g/mol.